The van der Waals surface area contributed by atoms with Crippen LogP contribution in [-0.2, 0) is 9.59 Å². The molecule has 1 aliphatic heterocycles. The molecule has 1 saturated heterocycles. The number of aliphatic carboxylic acids is 1. The van der Waals surface area contributed by atoms with E-state index in [4.69, 9.17) is 11.6 Å². The third-order valence-corrected chi connectivity index (χ3v) is 5.93. The highest BCUT2D eigenvalue weighted by atomic mass is 35.5. The number of amides is 1. The summed E-state index contributed by atoms with van der Waals surface area (Å²) in [5.41, 5.74) is -1.01. The van der Waals surface area contributed by atoms with E-state index in [1.54, 1.807) is 4.90 Å². The van der Waals surface area contributed by atoms with Crippen LogP contribution in [-0.4, -0.2) is 45.0 Å². The summed E-state index contributed by atoms with van der Waals surface area (Å²) in [6, 6.07) is 8.65. The molecule has 2 rings (SSSR count). The van der Waals surface area contributed by atoms with E-state index in [0.717, 1.165) is 5.56 Å². The van der Waals surface area contributed by atoms with E-state index >= 15 is 0 Å². The molecule has 1 aromatic rings. The zero-order chi connectivity index (χ0) is 19.7. The van der Waals surface area contributed by atoms with Gasteiger partial charge in [-0.2, -0.15) is 0 Å². The molecule has 26 heavy (non-hydrogen) atoms. The van der Waals surface area contributed by atoms with Crippen LogP contribution in [0.1, 0.15) is 52.1 Å². The molecular formula is C20H28ClNO4. The minimum absolute atomic E-state index is 0.141. The van der Waals surface area contributed by atoms with Crippen LogP contribution in [0.4, 0.5) is 0 Å². The lowest BCUT2D eigenvalue weighted by Crippen LogP contribution is -2.54. The number of halogens is 1. The highest BCUT2D eigenvalue weighted by Gasteiger charge is 2.66. The zero-order valence-electron chi connectivity index (χ0n) is 15.8. The van der Waals surface area contributed by atoms with E-state index in [2.05, 4.69) is 0 Å². The number of hydrogen-bond acceptors (Lipinski definition) is 3. The maximum absolute atomic E-state index is 13.1. The van der Waals surface area contributed by atoms with Gasteiger partial charge in [0.05, 0.1) is 12.1 Å². The van der Waals surface area contributed by atoms with Crippen LogP contribution in [0.15, 0.2) is 30.3 Å². The van der Waals surface area contributed by atoms with E-state index in [-0.39, 0.29) is 31.4 Å². The number of carbonyl (C=O) groups is 2. The summed E-state index contributed by atoms with van der Waals surface area (Å²) in [6.07, 6.45) is 0.432. The standard InChI is InChI=1S/C20H28ClNO4/c1-13(14-9-6-5-7-10-14)22-16(24)15(21)20(18(25)26,11-8-12-23)17(22)19(2,3)4/h5-7,9-10,13,15,17,23H,8,11-12H2,1-4H3,(H,25,26)/t13-,15?,17?,20+/m1/s1. The Balaban J connectivity index is 2.61. The van der Waals surface area contributed by atoms with Crippen LogP contribution >= 0.6 is 11.6 Å². The number of carboxylic acids is 1. The first kappa shape index (κ1) is 20.7. The predicted molar refractivity (Wildman–Crippen MR) is 101 cm³/mol. The minimum Gasteiger partial charge on any atom is -0.481 e. The summed E-state index contributed by atoms with van der Waals surface area (Å²) in [5, 5.41) is 18.3. The Hall–Kier alpha value is -1.59. The molecule has 0 aliphatic carbocycles. The molecule has 2 unspecified atom stereocenters. The van der Waals surface area contributed by atoms with Crippen LogP contribution in [0.3, 0.4) is 0 Å². The number of hydrogen-bond donors (Lipinski definition) is 2. The quantitative estimate of drug-likeness (QED) is 0.740. The average Bonchev–Trinajstić information content (AvgIpc) is 2.82. The largest absolute Gasteiger partial charge is 0.481 e. The number of carboxylic acid groups (broad SMARTS) is 1. The summed E-state index contributed by atoms with van der Waals surface area (Å²) < 4.78 is 0. The Morgan fingerprint density at radius 3 is 2.35 bits per heavy atom. The second-order valence-corrected chi connectivity index (χ2v) is 8.57. The van der Waals surface area contributed by atoms with Crippen molar-refractivity contribution in [2.24, 2.45) is 10.8 Å². The summed E-state index contributed by atoms with van der Waals surface area (Å²) in [5.74, 6) is -1.44. The maximum Gasteiger partial charge on any atom is 0.313 e. The Morgan fingerprint density at radius 2 is 1.88 bits per heavy atom. The van der Waals surface area contributed by atoms with Gasteiger partial charge in [-0.1, -0.05) is 51.1 Å². The van der Waals surface area contributed by atoms with Crippen molar-refractivity contribution in [3.8, 4) is 0 Å². The fourth-order valence-corrected chi connectivity index (χ4v) is 4.76. The van der Waals surface area contributed by atoms with Gasteiger partial charge < -0.3 is 15.1 Å². The number of rotatable bonds is 6. The van der Waals surface area contributed by atoms with Gasteiger partial charge in [0.25, 0.3) is 0 Å². The van der Waals surface area contributed by atoms with Gasteiger partial charge in [0.15, 0.2) is 0 Å². The maximum atomic E-state index is 13.1. The first-order valence-corrected chi connectivity index (χ1v) is 9.38. The SMILES string of the molecule is C[C@H](c1ccccc1)N1C(=O)C(Cl)[C@](CCCO)(C(=O)O)C1C(C)(C)C. The average molecular weight is 382 g/mol. The Kier molecular flexibility index (Phi) is 6.03. The monoisotopic (exact) mass is 381 g/mol. The van der Waals surface area contributed by atoms with Gasteiger partial charge in [0.1, 0.15) is 10.8 Å². The van der Waals surface area contributed by atoms with E-state index in [9.17, 15) is 19.8 Å². The van der Waals surface area contributed by atoms with E-state index in [0.29, 0.717) is 0 Å². The molecule has 5 nitrogen and oxygen atoms in total. The Bertz CT molecular complexity index is 658. The van der Waals surface area contributed by atoms with Crippen molar-refractivity contribution < 1.29 is 19.8 Å². The van der Waals surface area contributed by atoms with Crippen molar-refractivity contribution >= 4 is 23.5 Å². The first-order valence-electron chi connectivity index (χ1n) is 8.94. The minimum atomic E-state index is -1.44. The molecule has 0 aromatic heterocycles. The molecule has 1 heterocycles. The number of alkyl halides is 1. The summed E-state index contributed by atoms with van der Waals surface area (Å²) in [7, 11) is 0. The van der Waals surface area contributed by atoms with Gasteiger partial charge in [-0.3, -0.25) is 9.59 Å². The van der Waals surface area contributed by atoms with Crippen LogP contribution in [0.25, 0.3) is 0 Å². The number of aliphatic hydroxyl groups excluding tert-OH is 1. The second-order valence-electron chi connectivity index (χ2n) is 8.14. The van der Waals surface area contributed by atoms with E-state index < -0.39 is 28.2 Å². The molecule has 2 N–H and O–H groups in total. The van der Waals surface area contributed by atoms with Gasteiger partial charge in [0, 0.05) is 6.61 Å². The van der Waals surface area contributed by atoms with Gasteiger partial charge in [-0.25, -0.2) is 0 Å². The Labute approximate surface area is 160 Å². The number of nitrogens with zero attached hydrogens (tertiary/aromatic N) is 1. The lowest BCUT2D eigenvalue weighted by atomic mass is 9.66. The van der Waals surface area contributed by atoms with Crippen molar-refractivity contribution in [2.75, 3.05) is 6.61 Å². The molecule has 0 saturated carbocycles. The summed E-state index contributed by atoms with van der Waals surface area (Å²) >= 11 is 6.49. The molecule has 0 spiro atoms. The molecule has 4 atom stereocenters. The molecule has 0 radical (unpaired) electrons. The molecule has 1 fully saturated rings. The third kappa shape index (κ3) is 3.35. The Morgan fingerprint density at radius 1 is 1.31 bits per heavy atom. The fraction of sp³-hybridized carbons (Fsp3) is 0.600. The van der Waals surface area contributed by atoms with Crippen molar-refractivity contribution in [1.82, 2.24) is 4.90 Å². The van der Waals surface area contributed by atoms with Gasteiger partial charge >= 0.3 is 5.97 Å². The molecule has 1 aromatic carbocycles. The molecule has 6 heteroatoms. The number of aliphatic hydroxyl groups is 1. The van der Waals surface area contributed by atoms with Gasteiger partial charge in [-0.15, -0.1) is 11.6 Å². The number of benzene rings is 1. The number of carbonyl (C=O) groups excluding carboxylic acids is 1. The van der Waals surface area contributed by atoms with Crippen LogP contribution in [0.2, 0.25) is 0 Å². The molecular weight excluding hydrogens is 354 g/mol. The van der Waals surface area contributed by atoms with Crippen molar-refractivity contribution in [2.45, 2.75) is 58.0 Å². The summed E-state index contributed by atoms with van der Waals surface area (Å²) in [6.45, 7) is 7.56. The molecule has 1 aliphatic rings. The lowest BCUT2D eigenvalue weighted by Gasteiger charge is -2.45. The van der Waals surface area contributed by atoms with Crippen molar-refractivity contribution in [1.29, 1.82) is 0 Å². The summed E-state index contributed by atoms with van der Waals surface area (Å²) in [4.78, 5) is 27.2. The zero-order valence-corrected chi connectivity index (χ0v) is 16.5. The van der Waals surface area contributed by atoms with Crippen LogP contribution in [0.5, 0.6) is 0 Å². The van der Waals surface area contributed by atoms with Crippen molar-refractivity contribution in [3.05, 3.63) is 35.9 Å². The third-order valence-electron chi connectivity index (χ3n) is 5.36. The lowest BCUT2D eigenvalue weighted by molar-refractivity contribution is -0.154. The predicted octanol–water partition coefficient (Wildman–Crippen LogP) is 3.46. The molecule has 1 amide bonds. The number of likely N-dealkylation sites (tertiary alicyclic amines) is 1. The highest BCUT2D eigenvalue weighted by molar-refractivity contribution is 6.34. The first-order chi connectivity index (χ1) is 12.1. The van der Waals surface area contributed by atoms with Gasteiger partial charge in [-0.05, 0) is 30.7 Å². The fourth-order valence-electron chi connectivity index (χ4n) is 4.33. The van der Waals surface area contributed by atoms with E-state index in [1.807, 2.05) is 58.0 Å². The van der Waals surface area contributed by atoms with Crippen molar-refractivity contribution in [3.63, 3.8) is 0 Å². The van der Waals surface area contributed by atoms with Gasteiger partial charge in [0.2, 0.25) is 5.91 Å². The van der Waals surface area contributed by atoms with E-state index in [1.165, 1.54) is 0 Å². The molecule has 144 valence electrons. The topological polar surface area (TPSA) is 77.8 Å². The highest BCUT2D eigenvalue weighted by Crippen LogP contribution is 2.53. The van der Waals surface area contributed by atoms with Crippen LogP contribution in [0, 0.1) is 10.8 Å². The smallest absolute Gasteiger partial charge is 0.313 e. The molecule has 0 bridgehead atoms. The second kappa shape index (κ2) is 7.57. The van der Waals surface area contributed by atoms with Crippen LogP contribution < -0.4 is 0 Å². The normalized spacial score (nSPS) is 27.6.